The van der Waals surface area contributed by atoms with E-state index in [1.807, 2.05) is 6.07 Å². The van der Waals surface area contributed by atoms with Crippen molar-refractivity contribution in [3.8, 4) is 0 Å². The predicted octanol–water partition coefficient (Wildman–Crippen LogP) is 4.25. The first-order valence-electron chi connectivity index (χ1n) is 12.5. The summed E-state index contributed by atoms with van der Waals surface area (Å²) in [4.78, 5) is 31.5. The normalized spacial score (nSPS) is 17.7. The Hall–Kier alpha value is -3.01. The number of benzene rings is 1. The Morgan fingerprint density at radius 3 is 2.75 bits per heavy atom. The van der Waals surface area contributed by atoms with Crippen LogP contribution >= 0.6 is 11.3 Å². The molecule has 8 nitrogen and oxygen atoms in total. The lowest BCUT2D eigenvalue weighted by Crippen LogP contribution is -2.60. The van der Waals surface area contributed by atoms with Gasteiger partial charge in [-0.2, -0.15) is 0 Å². The smallest absolute Gasteiger partial charge is 0.354 e. The van der Waals surface area contributed by atoms with Crippen LogP contribution in [0.5, 0.6) is 0 Å². The number of aromatic nitrogens is 3. The van der Waals surface area contributed by atoms with Crippen molar-refractivity contribution in [2.75, 3.05) is 51.9 Å². The average Bonchev–Trinajstić information content (AvgIpc) is 3.50. The number of nitrogens with one attached hydrogen (secondary N) is 1. The number of nitrogens with zero attached hydrogens (tertiary/aromatic N) is 4. The lowest BCUT2D eigenvalue weighted by molar-refractivity contribution is 0.0595. The number of methoxy groups -OCH3 is 2. The first-order chi connectivity index (χ1) is 17.6. The highest BCUT2D eigenvalue weighted by molar-refractivity contribution is 7.18. The average molecular weight is 506 g/mol. The predicted molar refractivity (Wildman–Crippen MR) is 142 cm³/mol. The van der Waals surface area contributed by atoms with Crippen LogP contribution in [-0.4, -0.2) is 72.8 Å². The van der Waals surface area contributed by atoms with Gasteiger partial charge >= 0.3 is 5.97 Å². The highest BCUT2D eigenvalue weighted by Gasteiger charge is 2.45. The van der Waals surface area contributed by atoms with Gasteiger partial charge in [0.25, 0.3) is 0 Å². The fraction of sp³-hybridized carbons (Fsp3) is 0.444. The molecule has 1 N–H and O–H groups in total. The number of likely N-dealkylation sites (tertiary alicyclic amines) is 1. The maximum Gasteiger partial charge on any atom is 0.354 e. The van der Waals surface area contributed by atoms with Crippen molar-refractivity contribution in [2.45, 2.75) is 25.8 Å². The van der Waals surface area contributed by atoms with Crippen LogP contribution in [0.3, 0.4) is 0 Å². The standard InChI is InChI=1S/C27H31N5O3S/c1-34-10-5-20-13-21-24(28-17-29-25(21)36-20)32-15-27(16-32)6-8-31(9-7-27)14-18-3-4-19-12-23(26(33)35-2)30-22(19)11-18/h3-4,11-13,17,30H,5-10,14-16H2,1-2H3. The van der Waals surface area contributed by atoms with Crippen LogP contribution < -0.4 is 4.90 Å². The molecule has 4 aromatic rings. The zero-order valence-corrected chi connectivity index (χ0v) is 21.6. The topological polar surface area (TPSA) is 83.6 Å². The minimum absolute atomic E-state index is 0.336. The fourth-order valence-electron chi connectivity index (χ4n) is 5.64. The van der Waals surface area contributed by atoms with Gasteiger partial charge < -0.3 is 19.4 Å². The lowest BCUT2D eigenvalue weighted by Gasteiger charge is -2.54. The molecule has 2 saturated heterocycles. The van der Waals surface area contributed by atoms with Gasteiger partial charge in [-0.25, -0.2) is 14.8 Å². The lowest BCUT2D eigenvalue weighted by atomic mass is 9.72. The van der Waals surface area contributed by atoms with Crippen molar-refractivity contribution in [2.24, 2.45) is 5.41 Å². The number of esters is 1. The van der Waals surface area contributed by atoms with Gasteiger partial charge in [0, 0.05) is 54.4 Å². The first kappa shape index (κ1) is 23.4. The van der Waals surface area contributed by atoms with E-state index in [0.29, 0.717) is 11.1 Å². The van der Waals surface area contributed by atoms with Crippen LogP contribution in [0, 0.1) is 5.41 Å². The number of H-pyrrole nitrogens is 1. The van der Waals surface area contributed by atoms with Gasteiger partial charge in [0.15, 0.2) is 0 Å². The molecule has 0 saturated carbocycles. The van der Waals surface area contributed by atoms with Crippen molar-refractivity contribution in [1.29, 1.82) is 0 Å². The minimum atomic E-state index is -0.336. The molecule has 36 heavy (non-hydrogen) atoms. The molecule has 5 heterocycles. The highest BCUT2D eigenvalue weighted by Crippen LogP contribution is 2.44. The van der Waals surface area contributed by atoms with Crippen molar-refractivity contribution in [1.82, 2.24) is 19.9 Å². The van der Waals surface area contributed by atoms with Crippen LogP contribution in [0.4, 0.5) is 5.82 Å². The number of carbonyl (C=O) groups is 1. The third kappa shape index (κ3) is 4.36. The summed E-state index contributed by atoms with van der Waals surface area (Å²) in [7, 11) is 3.14. The Labute approximate surface area is 214 Å². The number of aromatic amines is 1. The number of thiophene rings is 1. The summed E-state index contributed by atoms with van der Waals surface area (Å²) in [6.07, 6.45) is 5.03. The van der Waals surface area contributed by atoms with E-state index in [2.05, 4.69) is 49.0 Å². The van der Waals surface area contributed by atoms with Gasteiger partial charge in [-0.1, -0.05) is 12.1 Å². The third-order valence-corrected chi connectivity index (χ3v) is 8.78. The van der Waals surface area contributed by atoms with Crippen LogP contribution in [-0.2, 0) is 22.4 Å². The molecule has 2 aliphatic rings. The molecule has 0 amide bonds. The van der Waals surface area contributed by atoms with E-state index < -0.39 is 0 Å². The van der Waals surface area contributed by atoms with E-state index in [4.69, 9.17) is 9.47 Å². The Kier molecular flexibility index (Phi) is 6.15. The Bertz CT molecular complexity index is 1400. The number of fused-ring (bicyclic) bond motifs is 2. The van der Waals surface area contributed by atoms with Gasteiger partial charge in [-0.15, -0.1) is 11.3 Å². The molecule has 1 aromatic carbocycles. The fourth-order valence-corrected chi connectivity index (χ4v) is 6.61. The Morgan fingerprint density at radius 2 is 1.97 bits per heavy atom. The summed E-state index contributed by atoms with van der Waals surface area (Å²) in [5.74, 6) is 0.746. The zero-order valence-electron chi connectivity index (χ0n) is 20.7. The number of ether oxygens (including phenoxy) is 2. The van der Waals surface area contributed by atoms with Crippen LogP contribution in [0.2, 0.25) is 0 Å². The second-order valence-corrected chi connectivity index (χ2v) is 11.2. The maximum absolute atomic E-state index is 11.8. The van der Waals surface area contributed by atoms with E-state index in [9.17, 15) is 4.79 Å². The summed E-state index contributed by atoms with van der Waals surface area (Å²) in [6, 6.07) is 10.5. The second kappa shape index (κ2) is 9.46. The quantitative estimate of drug-likeness (QED) is 0.376. The van der Waals surface area contributed by atoms with E-state index in [0.717, 1.165) is 67.3 Å². The van der Waals surface area contributed by atoms with Crippen LogP contribution in [0.25, 0.3) is 21.1 Å². The molecule has 6 rings (SSSR count). The van der Waals surface area contributed by atoms with Gasteiger partial charge in [0.1, 0.15) is 22.7 Å². The molecule has 0 bridgehead atoms. The molecular formula is C27H31N5O3S. The number of hydrogen-bond acceptors (Lipinski definition) is 8. The van der Waals surface area contributed by atoms with Gasteiger partial charge in [-0.3, -0.25) is 4.90 Å². The van der Waals surface area contributed by atoms with Crippen LogP contribution in [0.15, 0.2) is 36.7 Å². The van der Waals surface area contributed by atoms with E-state index in [1.54, 1.807) is 24.8 Å². The summed E-state index contributed by atoms with van der Waals surface area (Å²) in [5.41, 5.74) is 3.12. The molecule has 0 atom stereocenters. The SMILES string of the molecule is COCCc1cc2c(N3CC4(CCN(Cc5ccc6cc(C(=O)OC)[nH]c6c5)CC4)C3)ncnc2s1. The molecule has 2 fully saturated rings. The Morgan fingerprint density at radius 1 is 1.14 bits per heavy atom. The van der Waals surface area contributed by atoms with Gasteiger partial charge in [-0.05, 0) is 49.7 Å². The van der Waals surface area contributed by atoms with Crippen molar-refractivity contribution in [3.05, 3.63) is 52.8 Å². The minimum Gasteiger partial charge on any atom is -0.464 e. The molecule has 0 aliphatic carbocycles. The summed E-state index contributed by atoms with van der Waals surface area (Å²) < 4.78 is 10.1. The summed E-state index contributed by atoms with van der Waals surface area (Å²) in [5, 5.41) is 2.21. The van der Waals surface area contributed by atoms with Crippen molar-refractivity contribution in [3.63, 3.8) is 0 Å². The maximum atomic E-state index is 11.8. The van der Waals surface area contributed by atoms with Gasteiger partial charge in [0.2, 0.25) is 0 Å². The van der Waals surface area contributed by atoms with E-state index in [-0.39, 0.29) is 5.97 Å². The highest BCUT2D eigenvalue weighted by atomic mass is 32.1. The number of anilines is 1. The molecule has 0 unspecified atom stereocenters. The van der Waals surface area contributed by atoms with Crippen LogP contribution in [0.1, 0.15) is 33.8 Å². The zero-order chi connectivity index (χ0) is 24.7. The number of hydrogen-bond donors (Lipinski definition) is 1. The van der Waals surface area contributed by atoms with Crippen molar-refractivity contribution >= 4 is 44.2 Å². The Balaban J connectivity index is 1.07. The summed E-state index contributed by atoms with van der Waals surface area (Å²) >= 11 is 1.75. The van der Waals surface area contributed by atoms with E-state index >= 15 is 0 Å². The van der Waals surface area contributed by atoms with Crippen molar-refractivity contribution < 1.29 is 14.3 Å². The molecule has 9 heteroatoms. The monoisotopic (exact) mass is 505 g/mol. The molecule has 0 radical (unpaired) electrons. The largest absolute Gasteiger partial charge is 0.464 e. The molecule has 2 aliphatic heterocycles. The second-order valence-electron chi connectivity index (χ2n) is 10.1. The molecule has 188 valence electrons. The molecule has 1 spiro atoms. The number of carbonyl (C=O) groups excluding carboxylic acids is 1. The third-order valence-electron chi connectivity index (χ3n) is 7.68. The number of rotatable bonds is 7. The first-order valence-corrected chi connectivity index (χ1v) is 13.3. The summed E-state index contributed by atoms with van der Waals surface area (Å²) in [6.45, 7) is 5.99. The number of piperidine rings is 1. The van der Waals surface area contributed by atoms with E-state index in [1.165, 1.54) is 35.8 Å². The van der Waals surface area contributed by atoms with Gasteiger partial charge in [0.05, 0.1) is 19.1 Å². The molecule has 3 aromatic heterocycles. The molecular weight excluding hydrogens is 474 g/mol.